The molecule has 0 unspecified atom stereocenters. The van der Waals surface area contributed by atoms with E-state index in [9.17, 15) is 9.59 Å². The largest absolute Gasteiger partial charge is 0.493 e. The molecule has 1 aliphatic heterocycles. The fourth-order valence-electron chi connectivity index (χ4n) is 4.17. The van der Waals surface area contributed by atoms with Crippen molar-refractivity contribution in [3.05, 3.63) is 54.1 Å². The van der Waals surface area contributed by atoms with Crippen molar-refractivity contribution in [3.63, 3.8) is 0 Å². The van der Waals surface area contributed by atoms with Gasteiger partial charge in [0, 0.05) is 24.0 Å². The van der Waals surface area contributed by atoms with Crippen LogP contribution in [0.25, 0.3) is 22.2 Å². The molecule has 0 aliphatic carbocycles. The maximum Gasteiger partial charge on any atom is 0.339 e. The molecular weight excluding hydrogens is 436 g/mol. The van der Waals surface area contributed by atoms with Crippen LogP contribution in [0.4, 0.5) is 0 Å². The third kappa shape index (κ3) is 4.97. The molecule has 8 heteroatoms. The first kappa shape index (κ1) is 23.5. The van der Waals surface area contributed by atoms with Gasteiger partial charge in [-0.1, -0.05) is 18.2 Å². The summed E-state index contributed by atoms with van der Waals surface area (Å²) in [4.78, 5) is 32.1. The van der Waals surface area contributed by atoms with Crippen LogP contribution in [0.15, 0.2) is 48.5 Å². The summed E-state index contributed by atoms with van der Waals surface area (Å²) in [6.07, 6.45) is -0.117. The van der Waals surface area contributed by atoms with Gasteiger partial charge in [-0.05, 0) is 44.2 Å². The number of carbonyl (C=O) groups is 2. The van der Waals surface area contributed by atoms with Crippen LogP contribution in [0.1, 0.15) is 24.2 Å². The SMILES string of the molecule is COc1ccc(-c2cc(C(=O)OCC(=O)N3C[C@@H](C)O[C@H](C)C3)c3ccccc3n2)cc1OC. The molecule has 2 aromatic carbocycles. The highest BCUT2D eigenvalue weighted by Gasteiger charge is 2.27. The average Bonchev–Trinajstić information content (AvgIpc) is 2.85. The van der Waals surface area contributed by atoms with Gasteiger partial charge >= 0.3 is 5.97 Å². The Morgan fingerprint density at radius 2 is 1.71 bits per heavy atom. The average molecular weight is 465 g/mol. The van der Waals surface area contributed by atoms with E-state index >= 15 is 0 Å². The fourth-order valence-corrected chi connectivity index (χ4v) is 4.17. The van der Waals surface area contributed by atoms with E-state index in [0.717, 1.165) is 5.56 Å². The van der Waals surface area contributed by atoms with Gasteiger partial charge in [0.25, 0.3) is 5.91 Å². The van der Waals surface area contributed by atoms with Crippen LogP contribution in [-0.2, 0) is 14.3 Å². The van der Waals surface area contributed by atoms with Crippen molar-refractivity contribution >= 4 is 22.8 Å². The molecule has 0 N–H and O–H groups in total. The van der Waals surface area contributed by atoms with Crippen LogP contribution < -0.4 is 9.47 Å². The van der Waals surface area contributed by atoms with E-state index in [-0.39, 0.29) is 24.7 Å². The van der Waals surface area contributed by atoms with Gasteiger partial charge in [0.15, 0.2) is 18.1 Å². The maximum atomic E-state index is 13.1. The highest BCUT2D eigenvalue weighted by atomic mass is 16.5. The summed E-state index contributed by atoms with van der Waals surface area (Å²) in [6, 6.07) is 14.4. The first-order valence-electron chi connectivity index (χ1n) is 11.1. The zero-order valence-corrected chi connectivity index (χ0v) is 19.7. The van der Waals surface area contributed by atoms with Gasteiger partial charge in [0.2, 0.25) is 0 Å². The molecule has 1 fully saturated rings. The minimum atomic E-state index is -0.581. The van der Waals surface area contributed by atoms with Gasteiger partial charge < -0.3 is 23.8 Å². The number of esters is 1. The van der Waals surface area contributed by atoms with E-state index in [1.54, 1.807) is 37.3 Å². The molecule has 0 spiro atoms. The van der Waals surface area contributed by atoms with E-state index in [1.807, 2.05) is 44.2 Å². The Balaban J connectivity index is 1.60. The molecule has 1 saturated heterocycles. The molecule has 34 heavy (non-hydrogen) atoms. The molecule has 4 rings (SSSR count). The summed E-state index contributed by atoms with van der Waals surface area (Å²) < 4.78 is 21.8. The zero-order valence-electron chi connectivity index (χ0n) is 19.7. The lowest BCUT2D eigenvalue weighted by Gasteiger charge is -2.35. The van der Waals surface area contributed by atoms with Gasteiger partial charge in [-0.2, -0.15) is 0 Å². The number of hydrogen-bond acceptors (Lipinski definition) is 7. The summed E-state index contributed by atoms with van der Waals surface area (Å²) in [5.74, 6) is 0.326. The lowest BCUT2D eigenvalue weighted by Crippen LogP contribution is -2.49. The molecule has 2 atom stereocenters. The number of rotatable bonds is 6. The van der Waals surface area contributed by atoms with Crippen molar-refractivity contribution in [1.29, 1.82) is 0 Å². The van der Waals surface area contributed by atoms with Crippen molar-refractivity contribution in [2.45, 2.75) is 26.1 Å². The van der Waals surface area contributed by atoms with Crippen LogP contribution in [0, 0.1) is 0 Å². The summed E-state index contributed by atoms with van der Waals surface area (Å²) in [6.45, 7) is 4.45. The van der Waals surface area contributed by atoms with Crippen molar-refractivity contribution in [2.24, 2.45) is 0 Å². The van der Waals surface area contributed by atoms with Crippen molar-refractivity contribution in [3.8, 4) is 22.8 Å². The molecule has 0 bridgehead atoms. The smallest absolute Gasteiger partial charge is 0.339 e. The summed E-state index contributed by atoms with van der Waals surface area (Å²) in [7, 11) is 3.13. The number of morpholine rings is 1. The normalized spacial score (nSPS) is 17.9. The minimum Gasteiger partial charge on any atom is -0.493 e. The number of para-hydroxylation sites is 1. The number of ether oxygens (including phenoxy) is 4. The van der Waals surface area contributed by atoms with Crippen LogP contribution in [0.3, 0.4) is 0 Å². The van der Waals surface area contributed by atoms with E-state index < -0.39 is 5.97 Å². The Kier molecular flexibility index (Phi) is 6.98. The molecule has 1 aromatic heterocycles. The van der Waals surface area contributed by atoms with Crippen molar-refractivity contribution < 1.29 is 28.5 Å². The second kappa shape index (κ2) is 10.1. The number of pyridine rings is 1. The van der Waals surface area contributed by atoms with Gasteiger partial charge in [-0.3, -0.25) is 4.79 Å². The topological polar surface area (TPSA) is 87.2 Å². The van der Waals surface area contributed by atoms with Crippen LogP contribution in [-0.4, -0.2) is 67.9 Å². The molecular formula is C26H28N2O6. The quantitative estimate of drug-likeness (QED) is 0.514. The zero-order chi connectivity index (χ0) is 24.2. The number of fused-ring (bicyclic) bond motifs is 1. The second-order valence-corrected chi connectivity index (χ2v) is 8.27. The number of aromatic nitrogens is 1. The highest BCUT2D eigenvalue weighted by Crippen LogP contribution is 2.33. The molecule has 1 amide bonds. The number of methoxy groups -OCH3 is 2. The highest BCUT2D eigenvalue weighted by molar-refractivity contribution is 6.05. The molecule has 0 radical (unpaired) electrons. The van der Waals surface area contributed by atoms with Gasteiger partial charge in [0.1, 0.15) is 0 Å². The number of carbonyl (C=O) groups excluding carboxylic acids is 2. The number of hydrogen-bond donors (Lipinski definition) is 0. The Morgan fingerprint density at radius 1 is 1.00 bits per heavy atom. The first-order chi connectivity index (χ1) is 16.4. The molecule has 178 valence electrons. The van der Waals surface area contributed by atoms with Crippen LogP contribution >= 0.6 is 0 Å². The molecule has 2 heterocycles. The number of nitrogens with zero attached hydrogens (tertiary/aromatic N) is 2. The maximum absolute atomic E-state index is 13.1. The summed E-state index contributed by atoms with van der Waals surface area (Å²) in [5, 5.41) is 0.651. The predicted octanol–water partition coefficient (Wildman–Crippen LogP) is 3.71. The Bertz CT molecular complexity index is 1200. The van der Waals surface area contributed by atoms with E-state index in [1.165, 1.54) is 0 Å². The minimum absolute atomic E-state index is 0.0587. The van der Waals surface area contributed by atoms with Gasteiger partial charge in [-0.25, -0.2) is 9.78 Å². The summed E-state index contributed by atoms with van der Waals surface area (Å²) >= 11 is 0. The molecule has 1 aliphatic rings. The van der Waals surface area contributed by atoms with Crippen molar-refractivity contribution in [2.75, 3.05) is 33.9 Å². The summed E-state index contributed by atoms with van der Waals surface area (Å²) in [5.41, 5.74) is 2.31. The van der Waals surface area contributed by atoms with Gasteiger partial charge in [-0.15, -0.1) is 0 Å². The fraction of sp³-hybridized carbons (Fsp3) is 0.346. The Labute approximate surface area is 198 Å². The lowest BCUT2D eigenvalue weighted by atomic mass is 10.0. The monoisotopic (exact) mass is 464 g/mol. The predicted molar refractivity (Wildman–Crippen MR) is 127 cm³/mol. The lowest BCUT2D eigenvalue weighted by molar-refractivity contribution is -0.146. The molecule has 3 aromatic rings. The Hall–Kier alpha value is -3.65. The standard InChI is InChI=1S/C26H28N2O6/c1-16-13-28(14-17(2)34-16)25(29)15-33-26(30)20-12-22(27-21-8-6-5-7-19(20)21)18-9-10-23(31-3)24(11-18)32-4/h5-12,16-17H,13-15H2,1-4H3/t16-,17-/m1/s1. The van der Waals surface area contributed by atoms with E-state index in [2.05, 4.69) is 0 Å². The third-order valence-corrected chi connectivity index (χ3v) is 5.71. The van der Waals surface area contributed by atoms with Crippen LogP contribution in [0.2, 0.25) is 0 Å². The van der Waals surface area contributed by atoms with E-state index in [0.29, 0.717) is 46.7 Å². The molecule has 0 saturated carbocycles. The van der Waals surface area contributed by atoms with Crippen molar-refractivity contribution in [1.82, 2.24) is 9.88 Å². The molecule has 8 nitrogen and oxygen atoms in total. The van der Waals surface area contributed by atoms with Gasteiger partial charge in [0.05, 0.1) is 43.2 Å². The second-order valence-electron chi connectivity index (χ2n) is 8.27. The third-order valence-electron chi connectivity index (χ3n) is 5.71. The van der Waals surface area contributed by atoms with Crippen LogP contribution in [0.5, 0.6) is 11.5 Å². The number of amides is 1. The Morgan fingerprint density at radius 3 is 2.41 bits per heavy atom. The van der Waals surface area contributed by atoms with E-state index in [4.69, 9.17) is 23.9 Å². The first-order valence-corrected chi connectivity index (χ1v) is 11.1. The number of benzene rings is 2.